The lowest BCUT2D eigenvalue weighted by atomic mass is 10.1. The SMILES string of the molecule is CCCOc1ccc(Cc2nc(CN)cs2)cc1. The predicted octanol–water partition coefficient (Wildman–Crippen LogP) is 2.98. The van der Waals surface area contributed by atoms with Crippen molar-refractivity contribution in [3.05, 3.63) is 45.9 Å². The molecule has 0 atom stereocenters. The van der Waals surface area contributed by atoms with Crippen LogP contribution < -0.4 is 10.5 Å². The van der Waals surface area contributed by atoms with E-state index in [1.54, 1.807) is 11.3 Å². The quantitative estimate of drug-likeness (QED) is 0.870. The summed E-state index contributed by atoms with van der Waals surface area (Å²) in [5, 5.41) is 3.13. The highest BCUT2D eigenvalue weighted by Crippen LogP contribution is 2.17. The molecule has 2 rings (SSSR count). The second-order valence-electron chi connectivity index (χ2n) is 4.11. The number of nitrogens with zero attached hydrogens (tertiary/aromatic N) is 1. The zero-order valence-corrected chi connectivity index (χ0v) is 11.4. The van der Waals surface area contributed by atoms with E-state index in [-0.39, 0.29) is 0 Å². The van der Waals surface area contributed by atoms with Crippen molar-refractivity contribution in [1.82, 2.24) is 4.98 Å². The Morgan fingerprint density at radius 1 is 1.28 bits per heavy atom. The Hall–Kier alpha value is -1.39. The zero-order valence-electron chi connectivity index (χ0n) is 10.6. The molecule has 0 amide bonds. The van der Waals surface area contributed by atoms with Crippen molar-refractivity contribution in [2.45, 2.75) is 26.3 Å². The Morgan fingerprint density at radius 3 is 2.67 bits per heavy atom. The number of aromatic nitrogens is 1. The highest BCUT2D eigenvalue weighted by atomic mass is 32.1. The fourth-order valence-electron chi connectivity index (χ4n) is 1.62. The summed E-state index contributed by atoms with van der Waals surface area (Å²) < 4.78 is 5.55. The van der Waals surface area contributed by atoms with Crippen molar-refractivity contribution in [2.75, 3.05) is 6.61 Å². The lowest BCUT2D eigenvalue weighted by Gasteiger charge is -2.05. The molecule has 4 heteroatoms. The molecule has 0 unspecified atom stereocenters. The molecule has 0 bridgehead atoms. The molecule has 0 aliphatic carbocycles. The van der Waals surface area contributed by atoms with Gasteiger partial charge in [0.05, 0.1) is 17.3 Å². The van der Waals surface area contributed by atoms with Gasteiger partial charge < -0.3 is 10.5 Å². The van der Waals surface area contributed by atoms with Crippen LogP contribution in [0.4, 0.5) is 0 Å². The van der Waals surface area contributed by atoms with E-state index < -0.39 is 0 Å². The average molecular weight is 262 g/mol. The van der Waals surface area contributed by atoms with E-state index in [2.05, 4.69) is 24.0 Å². The van der Waals surface area contributed by atoms with Gasteiger partial charge >= 0.3 is 0 Å². The molecule has 2 aromatic rings. The minimum absolute atomic E-state index is 0.514. The second-order valence-corrected chi connectivity index (χ2v) is 5.05. The Morgan fingerprint density at radius 2 is 2.06 bits per heavy atom. The molecule has 0 aliphatic heterocycles. The van der Waals surface area contributed by atoms with E-state index >= 15 is 0 Å². The van der Waals surface area contributed by atoms with Crippen LogP contribution in [0.5, 0.6) is 5.75 Å². The predicted molar refractivity (Wildman–Crippen MR) is 75.0 cm³/mol. The van der Waals surface area contributed by atoms with Crippen molar-refractivity contribution in [1.29, 1.82) is 0 Å². The monoisotopic (exact) mass is 262 g/mol. The normalized spacial score (nSPS) is 10.6. The van der Waals surface area contributed by atoms with E-state index in [1.165, 1.54) is 5.56 Å². The molecule has 0 aliphatic rings. The summed E-state index contributed by atoms with van der Waals surface area (Å²) >= 11 is 1.66. The minimum Gasteiger partial charge on any atom is -0.494 e. The molecule has 2 N–H and O–H groups in total. The van der Waals surface area contributed by atoms with Gasteiger partial charge in [-0.2, -0.15) is 0 Å². The maximum absolute atomic E-state index is 5.55. The third-order valence-electron chi connectivity index (χ3n) is 2.56. The van der Waals surface area contributed by atoms with Gasteiger partial charge in [0, 0.05) is 18.3 Å². The minimum atomic E-state index is 0.514. The molecule has 0 saturated carbocycles. The zero-order chi connectivity index (χ0) is 12.8. The standard InChI is InChI=1S/C14H18N2OS/c1-2-7-17-13-5-3-11(4-6-13)8-14-16-12(9-15)10-18-14/h3-6,10H,2,7-9,15H2,1H3. The fourth-order valence-corrected chi connectivity index (χ4v) is 2.46. The van der Waals surface area contributed by atoms with Gasteiger partial charge in [0.25, 0.3) is 0 Å². The number of benzene rings is 1. The van der Waals surface area contributed by atoms with Gasteiger partial charge in [-0.15, -0.1) is 11.3 Å². The van der Waals surface area contributed by atoms with Gasteiger partial charge in [0.2, 0.25) is 0 Å². The molecule has 18 heavy (non-hydrogen) atoms. The largest absolute Gasteiger partial charge is 0.494 e. The van der Waals surface area contributed by atoms with Gasteiger partial charge in [0.1, 0.15) is 5.75 Å². The van der Waals surface area contributed by atoms with Crippen LogP contribution in [0.1, 0.15) is 29.6 Å². The molecule has 1 aromatic heterocycles. The molecular weight excluding hydrogens is 244 g/mol. The van der Waals surface area contributed by atoms with Gasteiger partial charge in [-0.3, -0.25) is 0 Å². The molecule has 0 spiro atoms. The fraction of sp³-hybridized carbons (Fsp3) is 0.357. The number of hydrogen-bond acceptors (Lipinski definition) is 4. The maximum atomic E-state index is 5.55. The molecule has 1 heterocycles. The maximum Gasteiger partial charge on any atom is 0.119 e. The summed E-state index contributed by atoms with van der Waals surface area (Å²) in [6, 6.07) is 8.22. The van der Waals surface area contributed by atoms with Gasteiger partial charge in [0.15, 0.2) is 0 Å². The van der Waals surface area contributed by atoms with Crippen LogP contribution in [0, 0.1) is 0 Å². The van der Waals surface area contributed by atoms with Crippen molar-refractivity contribution in [3.63, 3.8) is 0 Å². The van der Waals surface area contributed by atoms with Crippen LogP contribution in [-0.2, 0) is 13.0 Å². The summed E-state index contributed by atoms with van der Waals surface area (Å²) in [7, 11) is 0. The van der Waals surface area contributed by atoms with Crippen LogP contribution >= 0.6 is 11.3 Å². The summed E-state index contributed by atoms with van der Waals surface area (Å²) in [6.07, 6.45) is 1.89. The van der Waals surface area contributed by atoms with Crippen LogP contribution in [0.3, 0.4) is 0 Å². The van der Waals surface area contributed by atoms with E-state index in [9.17, 15) is 0 Å². The molecule has 3 nitrogen and oxygen atoms in total. The Labute approximate surface area is 112 Å². The van der Waals surface area contributed by atoms with Gasteiger partial charge in [-0.25, -0.2) is 4.98 Å². The molecular formula is C14H18N2OS. The van der Waals surface area contributed by atoms with E-state index in [0.29, 0.717) is 6.54 Å². The van der Waals surface area contributed by atoms with E-state index in [0.717, 1.165) is 35.9 Å². The number of ether oxygens (including phenoxy) is 1. The van der Waals surface area contributed by atoms with Crippen molar-refractivity contribution in [2.24, 2.45) is 5.73 Å². The molecule has 0 fully saturated rings. The first-order valence-electron chi connectivity index (χ1n) is 6.17. The summed E-state index contributed by atoms with van der Waals surface area (Å²) in [4.78, 5) is 4.46. The molecule has 1 aromatic carbocycles. The second kappa shape index (κ2) is 6.52. The first-order valence-corrected chi connectivity index (χ1v) is 7.05. The molecule has 0 radical (unpaired) electrons. The molecule has 96 valence electrons. The van der Waals surface area contributed by atoms with E-state index in [4.69, 9.17) is 10.5 Å². The average Bonchev–Trinajstić information content (AvgIpc) is 2.86. The Balaban J connectivity index is 1.97. The third-order valence-corrected chi connectivity index (χ3v) is 3.46. The number of nitrogens with two attached hydrogens (primary N) is 1. The number of hydrogen-bond donors (Lipinski definition) is 1. The highest BCUT2D eigenvalue weighted by molar-refractivity contribution is 7.09. The molecule has 0 saturated heterocycles. The van der Waals surface area contributed by atoms with Crippen LogP contribution in [0.2, 0.25) is 0 Å². The lowest BCUT2D eigenvalue weighted by molar-refractivity contribution is 0.317. The van der Waals surface area contributed by atoms with Crippen LogP contribution in [-0.4, -0.2) is 11.6 Å². The van der Waals surface area contributed by atoms with Crippen molar-refractivity contribution < 1.29 is 4.74 Å². The van der Waals surface area contributed by atoms with Crippen LogP contribution in [0.25, 0.3) is 0 Å². The van der Waals surface area contributed by atoms with Crippen molar-refractivity contribution in [3.8, 4) is 5.75 Å². The Kier molecular flexibility index (Phi) is 4.73. The lowest BCUT2D eigenvalue weighted by Crippen LogP contribution is -1.97. The summed E-state index contributed by atoms with van der Waals surface area (Å²) in [5.74, 6) is 0.933. The first-order chi connectivity index (χ1) is 8.81. The Bertz CT molecular complexity index is 479. The van der Waals surface area contributed by atoms with Gasteiger partial charge in [-0.1, -0.05) is 19.1 Å². The third kappa shape index (κ3) is 3.55. The van der Waals surface area contributed by atoms with Crippen LogP contribution in [0.15, 0.2) is 29.6 Å². The van der Waals surface area contributed by atoms with E-state index in [1.807, 2.05) is 17.5 Å². The van der Waals surface area contributed by atoms with Crippen molar-refractivity contribution >= 4 is 11.3 Å². The first kappa shape index (κ1) is 13.1. The number of thiazole rings is 1. The number of rotatable bonds is 6. The van der Waals surface area contributed by atoms with Gasteiger partial charge in [-0.05, 0) is 24.1 Å². The summed E-state index contributed by atoms with van der Waals surface area (Å²) in [6.45, 7) is 3.39. The topological polar surface area (TPSA) is 48.1 Å². The summed E-state index contributed by atoms with van der Waals surface area (Å²) in [5.41, 5.74) is 7.77. The highest BCUT2D eigenvalue weighted by Gasteiger charge is 2.02. The smallest absolute Gasteiger partial charge is 0.119 e.